The normalized spacial score (nSPS) is 13.7. The van der Waals surface area contributed by atoms with Crippen LogP contribution in [0, 0.1) is 0 Å². The average molecular weight is 353 g/mol. The summed E-state index contributed by atoms with van der Waals surface area (Å²) >= 11 is 0. The Labute approximate surface area is 153 Å². The van der Waals surface area contributed by atoms with Crippen LogP contribution < -0.4 is 10.1 Å². The molecule has 2 aromatic rings. The van der Waals surface area contributed by atoms with Gasteiger partial charge in [-0.1, -0.05) is 0 Å². The fourth-order valence-electron chi connectivity index (χ4n) is 2.86. The van der Waals surface area contributed by atoms with Gasteiger partial charge < -0.3 is 15.0 Å². The molecule has 6 nitrogen and oxygen atoms in total. The van der Waals surface area contributed by atoms with Gasteiger partial charge in [-0.2, -0.15) is 0 Å². The molecule has 1 aromatic carbocycles. The van der Waals surface area contributed by atoms with Crippen molar-refractivity contribution in [2.45, 2.75) is 32.8 Å². The third-order valence-corrected chi connectivity index (χ3v) is 4.12. The van der Waals surface area contributed by atoms with E-state index in [1.54, 1.807) is 29.2 Å². The molecule has 0 spiro atoms. The maximum Gasteiger partial charge on any atom is 0.272 e. The molecule has 0 unspecified atom stereocenters. The molecule has 0 saturated carbocycles. The van der Waals surface area contributed by atoms with Crippen LogP contribution >= 0.6 is 0 Å². The SMILES string of the molecule is CC(C)Oc1ccc(NC(=O)c2ccnc(C(=O)N3CCCC3)c2)cc1. The fraction of sp³-hybridized carbons (Fsp3) is 0.350. The molecule has 26 heavy (non-hydrogen) atoms. The molecular formula is C20H23N3O3. The van der Waals surface area contributed by atoms with E-state index >= 15 is 0 Å². The van der Waals surface area contributed by atoms with Gasteiger partial charge in [-0.3, -0.25) is 14.6 Å². The van der Waals surface area contributed by atoms with Crippen molar-refractivity contribution in [1.82, 2.24) is 9.88 Å². The summed E-state index contributed by atoms with van der Waals surface area (Å²) in [6, 6.07) is 10.3. The summed E-state index contributed by atoms with van der Waals surface area (Å²) in [6.07, 6.45) is 3.63. The number of nitrogens with one attached hydrogen (secondary N) is 1. The highest BCUT2D eigenvalue weighted by Gasteiger charge is 2.21. The molecule has 1 saturated heterocycles. The van der Waals surface area contributed by atoms with E-state index < -0.39 is 0 Å². The number of anilines is 1. The molecule has 6 heteroatoms. The number of hydrogen-bond acceptors (Lipinski definition) is 4. The van der Waals surface area contributed by atoms with E-state index in [1.165, 1.54) is 6.20 Å². The Morgan fingerprint density at radius 2 is 1.81 bits per heavy atom. The summed E-state index contributed by atoms with van der Waals surface area (Å²) in [5, 5.41) is 2.83. The number of carbonyl (C=O) groups excluding carboxylic acids is 2. The Bertz CT molecular complexity index is 781. The number of hydrogen-bond donors (Lipinski definition) is 1. The van der Waals surface area contributed by atoms with Crippen molar-refractivity contribution in [2.24, 2.45) is 0 Å². The van der Waals surface area contributed by atoms with Gasteiger partial charge in [-0.05, 0) is 63.1 Å². The number of pyridine rings is 1. The minimum Gasteiger partial charge on any atom is -0.491 e. The van der Waals surface area contributed by atoms with Crippen LogP contribution in [0.5, 0.6) is 5.75 Å². The van der Waals surface area contributed by atoms with Crippen molar-refractivity contribution in [3.8, 4) is 5.75 Å². The molecule has 0 bridgehead atoms. The van der Waals surface area contributed by atoms with Crippen molar-refractivity contribution < 1.29 is 14.3 Å². The second kappa shape index (κ2) is 7.99. The van der Waals surface area contributed by atoms with Crippen molar-refractivity contribution in [2.75, 3.05) is 18.4 Å². The first-order valence-corrected chi connectivity index (χ1v) is 8.86. The van der Waals surface area contributed by atoms with Crippen LogP contribution in [0.15, 0.2) is 42.6 Å². The summed E-state index contributed by atoms with van der Waals surface area (Å²) < 4.78 is 5.59. The van der Waals surface area contributed by atoms with Crippen molar-refractivity contribution in [1.29, 1.82) is 0 Å². The monoisotopic (exact) mass is 353 g/mol. The second-order valence-corrected chi connectivity index (χ2v) is 6.57. The van der Waals surface area contributed by atoms with Gasteiger partial charge in [0.25, 0.3) is 11.8 Å². The standard InChI is InChI=1S/C20H23N3O3/c1-14(2)26-17-7-5-16(6-8-17)22-19(24)15-9-10-21-18(13-15)20(25)23-11-3-4-12-23/h5-10,13-14H,3-4,11-12H2,1-2H3,(H,22,24). The van der Waals surface area contributed by atoms with Gasteiger partial charge in [0, 0.05) is 30.5 Å². The molecule has 136 valence electrons. The van der Waals surface area contributed by atoms with E-state index in [4.69, 9.17) is 4.74 Å². The van der Waals surface area contributed by atoms with Crippen LogP contribution in [-0.2, 0) is 0 Å². The van der Waals surface area contributed by atoms with E-state index in [1.807, 2.05) is 26.0 Å². The maximum absolute atomic E-state index is 12.5. The lowest BCUT2D eigenvalue weighted by Gasteiger charge is -2.15. The number of carbonyl (C=O) groups is 2. The number of amides is 2. The highest BCUT2D eigenvalue weighted by Crippen LogP contribution is 2.18. The molecule has 3 rings (SSSR count). The fourth-order valence-corrected chi connectivity index (χ4v) is 2.86. The van der Waals surface area contributed by atoms with E-state index in [-0.39, 0.29) is 17.9 Å². The second-order valence-electron chi connectivity index (χ2n) is 6.57. The minimum atomic E-state index is -0.277. The summed E-state index contributed by atoms with van der Waals surface area (Å²) in [7, 11) is 0. The lowest BCUT2D eigenvalue weighted by atomic mass is 10.2. The van der Waals surface area contributed by atoms with E-state index in [9.17, 15) is 9.59 Å². The molecule has 1 aliphatic rings. The zero-order valence-corrected chi connectivity index (χ0v) is 15.1. The summed E-state index contributed by atoms with van der Waals surface area (Å²) in [6.45, 7) is 5.42. The van der Waals surface area contributed by atoms with Gasteiger partial charge in [0.05, 0.1) is 6.10 Å². The zero-order valence-electron chi connectivity index (χ0n) is 15.1. The minimum absolute atomic E-state index is 0.0961. The van der Waals surface area contributed by atoms with Crippen LogP contribution in [0.4, 0.5) is 5.69 Å². The Morgan fingerprint density at radius 1 is 1.12 bits per heavy atom. The molecule has 0 aliphatic carbocycles. The maximum atomic E-state index is 12.5. The first-order chi connectivity index (χ1) is 12.5. The molecular weight excluding hydrogens is 330 g/mol. The van der Waals surface area contributed by atoms with Gasteiger partial charge in [-0.25, -0.2) is 0 Å². The lowest BCUT2D eigenvalue weighted by Crippen LogP contribution is -2.28. The Balaban J connectivity index is 1.68. The molecule has 0 radical (unpaired) electrons. The van der Waals surface area contributed by atoms with Crippen LogP contribution in [0.3, 0.4) is 0 Å². The van der Waals surface area contributed by atoms with Gasteiger partial charge in [-0.15, -0.1) is 0 Å². The Morgan fingerprint density at radius 3 is 2.46 bits per heavy atom. The van der Waals surface area contributed by atoms with Crippen molar-refractivity contribution >= 4 is 17.5 Å². The van der Waals surface area contributed by atoms with E-state index in [0.717, 1.165) is 31.7 Å². The third-order valence-electron chi connectivity index (χ3n) is 4.12. The highest BCUT2D eigenvalue weighted by atomic mass is 16.5. The summed E-state index contributed by atoms with van der Waals surface area (Å²) in [5.41, 5.74) is 1.38. The van der Waals surface area contributed by atoms with E-state index in [2.05, 4.69) is 10.3 Å². The van der Waals surface area contributed by atoms with Crippen molar-refractivity contribution in [3.63, 3.8) is 0 Å². The number of benzene rings is 1. The van der Waals surface area contributed by atoms with Gasteiger partial charge >= 0.3 is 0 Å². The summed E-state index contributed by atoms with van der Waals surface area (Å²) in [4.78, 5) is 30.8. The first-order valence-electron chi connectivity index (χ1n) is 8.86. The highest BCUT2D eigenvalue weighted by molar-refractivity contribution is 6.05. The zero-order chi connectivity index (χ0) is 18.5. The first kappa shape index (κ1) is 17.9. The molecule has 1 aromatic heterocycles. The number of likely N-dealkylation sites (tertiary alicyclic amines) is 1. The number of aromatic nitrogens is 1. The smallest absolute Gasteiger partial charge is 0.272 e. The predicted molar refractivity (Wildman–Crippen MR) is 99.5 cm³/mol. The largest absolute Gasteiger partial charge is 0.491 e. The van der Waals surface area contributed by atoms with Crippen LogP contribution in [0.25, 0.3) is 0 Å². The van der Waals surface area contributed by atoms with Gasteiger partial charge in [0.15, 0.2) is 0 Å². The van der Waals surface area contributed by atoms with Gasteiger partial charge in [0.1, 0.15) is 11.4 Å². The Hall–Kier alpha value is -2.89. The topological polar surface area (TPSA) is 71.5 Å². The lowest BCUT2D eigenvalue weighted by molar-refractivity contribution is 0.0787. The third kappa shape index (κ3) is 4.39. The Kier molecular flexibility index (Phi) is 5.51. The van der Waals surface area contributed by atoms with Gasteiger partial charge in [0.2, 0.25) is 0 Å². The van der Waals surface area contributed by atoms with Crippen molar-refractivity contribution in [3.05, 3.63) is 53.9 Å². The van der Waals surface area contributed by atoms with E-state index in [0.29, 0.717) is 16.9 Å². The number of rotatable bonds is 5. The summed E-state index contributed by atoms with van der Waals surface area (Å²) in [5.74, 6) is 0.355. The molecule has 1 fully saturated rings. The quantitative estimate of drug-likeness (QED) is 0.895. The number of ether oxygens (including phenoxy) is 1. The van der Waals surface area contributed by atoms with Crippen LogP contribution in [0.2, 0.25) is 0 Å². The van der Waals surface area contributed by atoms with Crippen LogP contribution in [-0.4, -0.2) is 40.9 Å². The predicted octanol–water partition coefficient (Wildman–Crippen LogP) is 3.36. The molecule has 0 atom stereocenters. The molecule has 2 heterocycles. The number of nitrogens with zero attached hydrogens (tertiary/aromatic N) is 2. The molecule has 1 N–H and O–H groups in total. The molecule has 1 aliphatic heterocycles. The molecule has 2 amide bonds. The average Bonchev–Trinajstić information content (AvgIpc) is 3.17. The van der Waals surface area contributed by atoms with Crippen LogP contribution in [0.1, 0.15) is 47.5 Å².